The maximum Gasteiger partial charge on any atom is 0.412 e. The molecule has 7 heteroatoms. The van der Waals surface area contributed by atoms with Gasteiger partial charge in [0.2, 0.25) is 0 Å². The first kappa shape index (κ1) is 26.9. The van der Waals surface area contributed by atoms with Crippen LogP contribution >= 0.6 is 0 Å². The van der Waals surface area contributed by atoms with Gasteiger partial charge in [-0.05, 0) is 25.3 Å². The number of hydrogen-bond donors (Lipinski definition) is 1. The first-order valence-electron chi connectivity index (χ1n) is 12.8. The predicted molar refractivity (Wildman–Crippen MR) is 147 cm³/mol. The zero-order chi connectivity index (χ0) is 26.7. The molecule has 0 radical (unpaired) electrons. The summed E-state index contributed by atoms with van der Waals surface area (Å²) in [6.45, 7) is 6.53. The van der Waals surface area contributed by atoms with E-state index < -0.39 is 12.1 Å². The van der Waals surface area contributed by atoms with E-state index in [2.05, 4.69) is 36.2 Å². The van der Waals surface area contributed by atoms with E-state index in [1.807, 2.05) is 42.5 Å². The van der Waals surface area contributed by atoms with Gasteiger partial charge in [-0.2, -0.15) is 0 Å². The van der Waals surface area contributed by atoms with Crippen LogP contribution in [0, 0.1) is 0 Å². The summed E-state index contributed by atoms with van der Waals surface area (Å²) in [7, 11) is 0. The summed E-state index contributed by atoms with van der Waals surface area (Å²) >= 11 is 0. The lowest BCUT2D eigenvalue weighted by Crippen LogP contribution is -2.31. The molecule has 0 spiro atoms. The number of carbonyl (C=O) groups excluding carboxylic acids is 2. The summed E-state index contributed by atoms with van der Waals surface area (Å²) in [5, 5.41) is 4.49. The molecule has 1 aliphatic rings. The lowest BCUT2D eigenvalue weighted by molar-refractivity contribution is -0.140. The normalized spacial score (nSPS) is 12.0. The van der Waals surface area contributed by atoms with E-state index in [4.69, 9.17) is 18.9 Å². The maximum atomic E-state index is 12.7. The summed E-state index contributed by atoms with van der Waals surface area (Å²) in [5.41, 5.74) is 3.58. The topological polar surface area (TPSA) is 83.1 Å². The van der Waals surface area contributed by atoms with Crippen LogP contribution in [0.15, 0.2) is 78.9 Å². The molecule has 198 valence electrons. The van der Waals surface area contributed by atoms with E-state index >= 15 is 0 Å². The van der Waals surface area contributed by atoms with Crippen LogP contribution in [0.1, 0.15) is 23.6 Å². The number of fused-ring (bicyclic) bond motifs is 2. The lowest BCUT2D eigenvalue weighted by atomic mass is 9.90. The molecule has 38 heavy (non-hydrogen) atoms. The molecule has 0 aliphatic heterocycles. The van der Waals surface area contributed by atoms with Crippen molar-refractivity contribution < 1.29 is 28.5 Å². The van der Waals surface area contributed by atoms with Crippen molar-refractivity contribution in [2.24, 2.45) is 0 Å². The van der Waals surface area contributed by atoms with Crippen LogP contribution in [-0.4, -0.2) is 45.0 Å². The summed E-state index contributed by atoms with van der Waals surface area (Å²) in [6.07, 6.45) is 5.83. The van der Waals surface area contributed by atoms with Crippen LogP contribution in [0.4, 0.5) is 4.79 Å². The Morgan fingerprint density at radius 1 is 0.842 bits per heavy atom. The molecule has 1 amide bonds. The van der Waals surface area contributed by atoms with E-state index in [1.165, 1.54) is 5.56 Å². The van der Waals surface area contributed by atoms with E-state index in [1.54, 1.807) is 6.92 Å². The largest absolute Gasteiger partial charge is 0.492 e. The quantitative estimate of drug-likeness (QED) is 0.152. The van der Waals surface area contributed by atoms with Crippen LogP contribution in [0.2, 0.25) is 0 Å². The van der Waals surface area contributed by atoms with E-state index in [0.717, 1.165) is 34.1 Å². The van der Waals surface area contributed by atoms with Gasteiger partial charge >= 0.3 is 12.1 Å². The Hall–Kier alpha value is -4.10. The molecule has 0 saturated carbocycles. The van der Waals surface area contributed by atoms with Gasteiger partial charge in [-0.1, -0.05) is 73.3 Å². The lowest BCUT2D eigenvalue weighted by Gasteiger charge is -2.23. The van der Waals surface area contributed by atoms with E-state index in [0.29, 0.717) is 30.8 Å². The Balaban J connectivity index is 1.40. The molecule has 0 heterocycles. The third-order valence-corrected chi connectivity index (χ3v) is 6.14. The SMILES string of the molecule is C=C(C)C(=O)OCCOCCNC(=O)Oc1c2c(c(OCCc3ccccc3)c3ccccc13)CC=CC2. The van der Waals surface area contributed by atoms with Crippen molar-refractivity contribution in [1.29, 1.82) is 0 Å². The second-order valence-electron chi connectivity index (χ2n) is 8.97. The number of amides is 1. The molecule has 3 aromatic rings. The average Bonchev–Trinajstić information content (AvgIpc) is 2.94. The highest BCUT2D eigenvalue weighted by Crippen LogP contribution is 2.43. The molecule has 0 bridgehead atoms. The van der Waals surface area contributed by atoms with Gasteiger partial charge in [0, 0.05) is 40.4 Å². The molecule has 7 nitrogen and oxygen atoms in total. The molecule has 1 N–H and O–H groups in total. The number of benzene rings is 3. The van der Waals surface area contributed by atoms with E-state index in [9.17, 15) is 9.59 Å². The van der Waals surface area contributed by atoms with Crippen molar-refractivity contribution in [3.05, 3.63) is 95.6 Å². The minimum atomic E-state index is -0.554. The van der Waals surface area contributed by atoms with Crippen LogP contribution < -0.4 is 14.8 Å². The molecule has 0 atom stereocenters. The smallest absolute Gasteiger partial charge is 0.412 e. The number of allylic oxidation sites excluding steroid dienone is 2. The minimum absolute atomic E-state index is 0.127. The highest BCUT2D eigenvalue weighted by Gasteiger charge is 2.23. The fraction of sp³-hybridized carbons (Fsp3) is 0.290. The number of rotatable bonds is 12. The van der Waals surface area contributed by atoms with Crippen molar-refractivity contribution in [1.82, 2.24) is 5.32 Å². The summed E-state index contributed by atoms with van der Waals surface area (Å²) in [5.74, 6) is 0.957. The zero-order valence-corrected chi connectivity index (χ0v) is 21.7. The van der Waals surface area contributed by atoms with Crippen molar-refractivity contribution in [3.63, 3.8) is 0 Å². The van der Waals surface area contributed by atoms with Crippen LogP contribution in [0.25, 0.3) is 10.8 Å². The van der Waals surface area contributed by atoms with Gasteiger partial charge < -0.3 is 24.3 Å². The van der Waals surface area contributed by atoms with Gasteiger partial charge in [0.15, 0.2) is 0 Å². The molecule has 3 aromatic carbocycles. The Morgan fingerprint density at radius 3 is 2.21 bits per heavy atom. The Morgan fingerprint density at radius 2 is 1.50 bits per heavy atom. The van der Waals surface area contributed by atoms with Gasteiger partial charge in [0.25, 0.3) is 0 Å². The maximum absolute atomic E-state index is 12.7. The number of carbonyl (C=O) groups is 2. The number of hydrogen-bond acceptors (Lipinski definition) is 6. The van der Waals surface area contributed by atoms with Gasteiger partial charge in [-0.15, -0.1) is 0 Å². The Bertz CT molecular complexity index is 1310. The van der Waals surface area contributed by atoms with Gasteiger partial charge in [0.05, 0.1) is 19.8 Å². The van der Waals surface area contributed by atoms with E-state index in [-0.39, 0.29) is 26.4 Å². The number of nitrogens with one attached hydrogen (secondary N) is 1. The summed E-state index contributed by atoms with van der Waals surface area (Å²) in [6, 6.07) is 18.1. The molecule has 0 unspecified atom stereocenters. The molecule has 0 saturated heterocycles. The van der Waals surface area contributed by atoms with Gasteiger partial charge in [0.1, 0.15) is 18.1 Å². The highest BCUT2D eigenvalue weighted by molar-refractivity contribution is 5.97. The van der Waals surface area contributed by atoms with Crippen molar-refractivity contribution in [2.45, 2.75) is 26.2 Å². The number of ether oxygens (including phenoxy) is 4. The van der Waals surface area contributed by atoms with Crippen molar-refractivity contribution >= 4 is 22.8 Å². The fourth-order valence-electron chi connectivity index (χ4n) is 4.28. The van der Waals surface area contributed by atoms with Crippen LogP contribution in [-0.2, 0) is 33.5 Å². The molecular weight excluding hydrogens is 482 g/mol. The predicted octanol–water partition coefficient (Wildman–Crippen LogP) is 5.34. The van der Waals surface area contributed by atoms with Gasteiger partial charge in [-0.25, -0.2) is 9.59 Å². The van der Waals surface area contributed by atoms with Crippen LogP contribution in [0.3, 0.4) is 0 Å². The first-order chi connectivity index (χ1) is 18.5. The first-order valence-corrected chi connectivity index (χ1v) is 12.8. The molecule has 0 fully saturated rings. The Kier molecular flexibility index (Phi) is 9.54. The third-order valence-electron chi connectivity index (χ3n) is 6.14. The highest BCUT2D eigenvalue weighted by atomic mass is 16.6. The Labute approximate surface area is 223 Å². The number of esters is 1. The van der Waals surface area contributed by atoms with Crippen LogP contribution in [0.5, 0.6) is 11.5 Å². The second-order valence-corrected chi connectivity index (χ2v) is 8.97. The zero-order valence-electron chi connectivity index (χ0n) is 21.7. The average molecular weight is 516 g/mol. The second kappa shape index (κ2) is 13.4. The molecular formula is C31H33NO6. The standard InChI is InChI=1S/C31H33NO6/c1-22(2)30(33)37-21-20-35-19-17-32-31(34)38-29-26-14-8-6-12-24(26)28(25-13-7-9-15-27(25)29)36-18-16-23-10-4-3-5-11-23/h3-12,14H,1,13,15-21H2,2H3,(H,32,34). The minimum Gasteiger partial charge on any atom is -0.492 e. The monoisotopic (exact) mass is 515 g/mol. The van der Waals surface area contributed by atoms with Crippen molar-refractivity contribution in [2.75, 3.05) is 33.0 Å². The van der Waals surface area contributed by atoms with Gasteiger partial charge in [-0.3, -0.25) is 0 Å². The van der Waals surface area contributed by atoms with Crippen molar-refractivity contribution in [3.8, 4) is 11.5 Å². The third kappa shape index (κ3) is 7.01. The molecule has 0 aromatic heterocycles. The molecule has 4 rings (SSSR count). The summed E-state index contributed by atoms with van der Waals surface area (Å²) < 4.78 is 22.6. The summed E-state index contributed by atoms with van der Waals surface area (Å²) in [4.78, 5) is 24.1. The molecule has 1 aliphatic carbocycles. The fourth-order valence-corrected chi connectivity index (χ4v) is 4.28.